The molecule has 2 N–H and O–H groups in total. The van der Waals surface area contributed by atoms with Gasteiger partial charge in [-0.25, -0.2) is 0 Å². The Morgan fingerprint density at radius 3 is 3.05 bits per heavy atom. The molecule has 3 rings (SSSR count). The predicted octanol–water partition coefficient (Wildman–Crippen LogP) is 1.92. The molecule has 3 heterocycles. The first-order valence-electron chi connectivity index (χ1n) is 6.97. The maximum Gasteiger partial charge on any atom is 0.252 e. The van der Waals surface area contributed by atoms with E-state index in [1.165, 1.54) is 5.56 Å². The van der Waals surface area contributed by atoms with Crippen molar-refractivity contribution < 1.29 is 9.53 Å². The lowest BCUT2D eigenvalue weighted by atomic mass is 10.1. The molecule has 2 aliphatic heterocycles. The Morgan fingerprint density at radius 1 is 1.47 bits per heavy atom. The fourth-order valence-electron chi connectivity index (χ4n) is 3.09. The lowest BCUT2D eigenvalue weighted by molar-refractivity contribution is -0.143. The SMILES string of the molecule is NCC1CCC(C(=O)N2CCCC2c2ccsc2)O1. The van der Waals surface area contributed by atoms with Crippen molar-refractivity contribution >= 4 is 17.2 Å². The number of carbonyl (C=O) groups is 1. The van der Waals surface area contributed by atoms with Gasteiger partial charge in [-0.15, -0.1) is 0 Å². The van der Waals surface area contributed by atoms with Crippen LogP contribution < -0.4 is 5.73 Å². The van der Waals surface area contributed by atoms with E-state index in [0.29, 0.717) is 6.54 Å². The first kappa shape index (κ1) is 13.1. The Kier molecular flexibility index (Phi) is 3.86. The minimum absolute atomic E-state index is 0.0659. The molecule has 0 bridgehead atoms. The number of rotatable bonds is 3. The number of hydrogen-bond acceptors (Lipinski definition) is 4. The molecule has 1 aromatic rings. The standard InChI is InChI=1S/C14H20N2O2S/c15-8-11-3-4-13(18-11)14(17)16-6-1-2-12(16)10-5-7-19-9-10/h5,7,9,11-13H,1-4,6,8,15H2. The zero-order chi connectivity index (χ0) is 13.2. The number of amides is 1. The van der Waals surface area contributed by atoms with E-state index in [-0.39, 0.29) is 24.2 Å². The number of carbonyl (C=O) groups excluding carboxylic acids is 1. The highest BCUT2D eigenvalue weighted by molar-refractivity contribution is 7.07. The second-order valence-corrected chi connectivity index (χ2v) is 6.09. The molecule has 2 fully saturated rings. The molecule has 19 heavy (non-hydrogen) atoms. The van der Waals surface area contributed by atoms with Crippen molar-refractivity contribution in [3.63, 3.8) is 0 Å². The van der Waals surface area contributed by atoms with Gasteiger partial charge in [0.15, 0.2) is 0 Å². The highest BCUT2D eigenvalue weighted by atomic mass is 32.1. The molecule has 3 atom stereocenters. The zero-order valence-electron chi connectivity index (χ0n) is 11.0. The van der Waals surface area contributed by atoms with Gasteiger partial charge in [0.2, 0.25) is 0 Å². The first-order chi connectivity index (χ1) is 9.29. The molecular weight excluding hydrogens is 260 g/mol. The van der Waals surface area contributed by atoms with Crippen molar-refractivity contribution in [3.8, 4) is 0 Å². The lowest BCUT2D eigenvalue weighted by Gasteiger charge is -2.27. The molecule has 0 saturated carbocycles. The van der Waals surface area contributed by atoms with E-state index in [2.05, 4.69) is 16.8 Å². The van der Waals surface area contributed by atoms with Crippen LogP contribution in [0.4, 0.5) is 0 Å². The maximum atomic E-state index is 12.6. The molecule has 0 aromatic carbocycles. The van der Waals surface area contributed by atoms with Crippen LogP contribution in [0.25, 0.3) is 0 Å². The van der Waals surface area contributed by atoms with Crippen LogP contribution in [0.15, 0.2) is 16.8 Å². The summed E-state index contributed by atoms with van der Waals surface area (Å²) < 4.78 is 5.74. The molecule has 0 aliphatic carbocycles. The van der Waals surface area contributed by atoms with Crippen LogP contribution in [0.2, 0.25) is 0 Å². The van der Waals surface area contributed by atoms with Crippen LogP contribution in [0.3, 0.4) is 0 Å². The van der Waals surface area contributed by atoms with Crippen LogP contribution in [-0.4, -0.2) is 36.1 Å². The smallest absolute Gasteiger partial charge is 0.252 e. The zero-order valence-corrected chi connectivity index (χ0v) is 11.8. The summed E-state index contributed by atoms with van der Waals surface area (Å²) in [6, 6.07) is 2.37. The molecule has 1 amide bonds. The van der Waals surface area contributed by atoms with Crippen molar-refractivity contribution in [3.05, 3.63) is 22.4 Å². The fourth-order valence-corrected chi connectivity index (χ4v) is 3.79. The summed E-state index contributed by atoms with van der Waals surface area (Å²) in [5.74, 6) is 0.157. The summed E-state index contributed by atoms with van der Waals surface area (Å²) in [5, 5.41) is 4.22. The Hall–Kier alpha value is -0.910. The average Bonchev–Trinajstić information content (AvgIpc) is 3.16. The first-order valence-corrected chi connectivity index (χ1v) is 7.92. The number of ether oxygens (including phenoxy) is 1. The summed E-state index contributed by atoms with van der Waals surface area (Å²) in [6.07, 6.45) is 3.66. The van der Waals surface area contributed by atoms with Crippen molar-refractivity contribution in [2.45, 2.75) is 43.9 Å². The van der Waals surface area contributed by atoms with Crippen molar-refractivity contribution in [2.24, 2.45) is 5.73 Å². The maximum absolute atomic E-state index is 12.6. The molecule has 2 aliphatic rings. The van der Waals surface area contributed by atoms with E-state index in [0.717, 1.165) is 32.2 Å². The summed E-state index contributed by atoms with van der Waals surface area (Å²) in [7, 11) is 0. The van der Waals surface area contributed by atoms with Crippen LogP contribution in [0.1, 0.15) is 37.3 Å². The third-order valence-corrected chi connectivity index (χ3v) is 4.81. The highest BCUT2D eigenvalue weighted by Crippen LogP contribution is 2.35. The van der Waals surface area contributed by atoms with Gasteiger partial charge in [-0.05, 0) is 48.1 Å². The minimum Gasteiger partial charge on any atom is -0.364 e. The highest BCUT2D eigenvalue weighted by Gasteiger charge is 2.38. The topological polar surface area (TPSA) is 55.6 Å². The third-order valence-electron chi connectivity index (χ3n) is 4.11. The van der Waals surface area contributed by atoms with Gasteiger partial charge in [0, 0.05) is 13.1 Å². The van der Waals surface area contributed by atoms with Gasteiger partial charge in [-0.3, -0.25) is 4.79 Å². The largest absolute Gasteiger partial charge is 0.364 e. The monoisotopic (exact) mass is 280 g/mol. The summed E-state index contributed by atoms with van der Waals surface area (Å²) in [6.45, 7) is 1.37. The lowest BCUT2D eigenvalue weighted by Crippen LogP contribution is -2.39. The second kappa shape index (κ2) is 5.61. The number of nitrogens with zero attached hydrogens (tertiary/aromatic N) is 1. The van der Waals surface area contributed by atoms with Gasteiger partial charge in [0.25, 0.3) is 5.91 Å². The van der Waals surface area contributed by atoms with E-state index >= 15 is 0 Å². The van der Waals surface area contributed by atoms with Gasteiger partial charge < -0.3 is 15.4 Å². The van der Waals surface area contributed by atoms with Gasteiger partial charge in [-0.2, -0.15) is 11.3 Å². The molecule has 4 nitrogen and oxygen atoms in total. The van der Waals surface area contributed by atoms with Crippen molar-refractivity contribution in [1.82, 2.24) is 4.90 Å². The number of hydrogen-bond donors (Lipinski definition) is 1. The van der Waals surface area contributed by atoms with Gasteiger partial charge in [0.05, 0.1) is 12.1 Å². The van der Waals surface area contributed by atoms with E-state index in [9.17, 15) is 4.79 Å². The molecule has 104 valence electrons. The van der Waals surface area contributed by atoms with E-state index < -0.39 is 0 Å². The third kappa shape index (κ3) is 2.55. The second-order valence-electron chi connectivity index (χ2n) is 5.31. The predicted molar refractivity (Wildman–Crippen MR) is 75.0 cm³/mol. The van der Waals surface area contributed by atoms with Gasteiger partial charge in [0.1, 0.15) is 6.10 Å². The van der Waals surface area contributed by atoms with Crippen LogP contribution >= 0.6 is 11.3 Å². The van der Waals surface area contributed by atoms with E-state index in [1.54, 1.807) is 11.3 Å². The molecule has 0 radical (unpaired) electrons. The van der Waals surface area contributed by atoms with Crippen molar-refractivity contribution in [2.75, 3.05) is 13.1 Å². The Bertz CT molecular complexity index is 435. The normalized spacial score (nSPS) is 31.0. The summed E-state index contributed by atoms with van der Waals surface area (Å²) in [5.41, 5.74) is 6.87. The molecular formula is C14H20N2O2S. The van der Waals surface area contributed by atoms with Crippen LogP contribution in [0, 0.1) is 0 Å². The Morgan fingerprint density at radius 2 is 2.37 bits per heavy atom. The molecule has 2 saturated heterocycles. The molecule has 1 aromatic heterocycles. The fraction of sp³-hybridized carbons (Fsp3) is 0.643. The quantitative estimate of drug-likeness (QED) is 0.920. The van der Waals surface area contributed by atoms with Crippen LogP contribution in [-0.2, 0) is 9.53 Å². The average molecular weight is 280 g/mol. The van der Waals surface area contributed by atoms with Crippen LogP contribution in [0.5, 0.6) is 0 Å². The van der Waals surface area contributed by atoms with E-state index in [4.69, 9.17) is 10.5 Å². The van der Waals surface area contributed by atoms with E-state index in [1.807, 2.05) is 4.90 Å². The summed E-state index contributed by atoms with van der Waals surface area (Å²) >= 11 is 1.69. The molecule has 5 heteroatoms. The number of nitrogens with two attached hydrogens (primary N) is 1. The number of thiophene rings is 1. The molecule has 0 spiro atoms. The van der Waals surface area contributed by atoms with Gasteiger partial charge >= 0.3 is 0 Å². The number of likely N-dealkylation sites (tertiary alicyclic amines) is 1. The van der Waals surface area contributed by atoms with Gasteiger partial charge in [-0.1, -0.05) is 0 Å². The Labute approximate surface area is 117 Å². The Balaban J connectivity index is 1.69. The minimum atomic E-state index is -0.271. The molecule has 3 unspecified atom stereocenters. The summed E-state index contributed by atoms with van der Waals surface area (Å²) in [4.78, 5) is 14.6. The van der Waals surface area contributed by atoms with Crippen molar-refractivity contribution in [1.29, 1.82) is 0 Å².